The van der Waals surface area contributed by atoms with Crippen molar-refractivity contribution in [3.63, 3.8) is 0 Å². The standard InChI is InChI=1S/C20H19N9O/c1-13-9-14(2)29-19(26-13)16(10-21)17(27-29)6-4-8-24-20(30)15-5-3-7-23-18(15)28-12-22-11-25-28/h3,5,7,9,11-12H,4,6,8H2,1-2H3,(H,24,30). The van der Waals surface area contributed by atoms with Crippen LogP contribution in [0.25, 0.3) is 11.5 Å². The number of aromatic nitrogens is 7. The number of nitrogens with one attached hydrogen (secondary N) is 1. The summed E-state index contributed by atoms with van der Waals surface area (Å²) in [5.41, 5.74) is 3.90. The van der Waals surface area contributed by atoms with Crippen molar-refractivity contribution in [1.82, 2.24) is 39.7 Å². The number of nitriles is 1. The van der Waals surface area contributed by atoms with Gasteiger partial charge in [0.15, 0.2) is 11.5 Å². The zero-order chi connectivity index (χ0) is 21.1. The van der Waals surface area contributed by atoms with Crippen molar-refractivity contribution < 1.29 is 4.79 Å². The average molecular weight is 401 g/mol. The summed E-state index contributed by atoms with van der Waals surface area (Å²) in [4.78, 5) is 25.2. The van der Waals surface area contributed by atoms with Crippen LogP contribution in [0.1, 0.15) is 39.4 Å². The van der Waals surface area contributed by atoms with E-state index in [2.05, 4.69) is 36.5 Å². The van der Waals surface area contributed by atoms with Gasteiger partial charge in [0, 0.05) is 24.1 Å². The fourth-order valence-electron chi connectivity index (χ4n) is 3.28. The first kappa shape index (κ1) is 19.2. The Morgan fingerprint density at radius 1 is 1.33 bits per heavy atom. The number of carbonyl (C=O) groups is 1. The van der Waals surface area contributed by atoms with Gasteiger partial charge in [-0.3, -0.25) is 4.79 Å². The highest BCUT2D eigenvalue weighted by Crippen LogP contribution is 2.17. The molecule has 0 unspecified atom stereocenters. The van der Waals surface area contributed by atoms with Gasteiger partial charge in [0.1, 0.15) is 24.3 Å². The SMILES string of the molecule is Cc1cc(C)n2nc(CCCNC(=O)c3cccnc3-n3cncn3)c(C#N)c2n1. The lowest BCUT2D eigenvalue weighted by molar-refractivity contribution is 0.0952. The van der Waals surface area contributed by atoms with Crippen LogP contribution in [-0.4, -0.2) is 46.8 Å². The minimum Gasteiger partial charge on any atom is -0.352 e. The maximum absolute atomic E-state index is 12.6. The molecular weight excluding hydrogens is 382 g/mol. The number of amides is 1. The molecule has 10 nitrogen and oxygen atoms in total. The van der Waals surface area contributed by atoms with Crippen LogP contribution in [-0.2, 0) is 6.42 Å². The molecule has 1 amide bonds. The lowest BCUT2D eigenvalue weighted by Crippen LogP contribution is -2.26. The summed E-state index contributed by atoms with van der Waals surface area (Å²) in [5.74, 6) is 0.161. The Morgan fingerprint density at radius 2 is 2.20 bits per heavy atom. The van der Waals surface area contributed by atoms with Crippen LogP contribution >= 0.6 is 0 Å². The Labute approximate surface area is 172 Å². The number of carbonyl (C=O) groups excluding carboxylic acids is 1. The number of nitrogens with zero attached hydrogens (tertiary/aromatic N) is 8. The smallest absolute Gasteiger partial charge is 0.255 e. The largest absolute Gasteiger partial charge is 0.352 e. The zero-order valence-corrected chi connectivity index (χ0v) is 16.6. The summed E-state index contributed by atoms with van der Waals surface area (Å²) in [6.07, 6.45) is 5.65. The summed E-state index contributed by atoms with van der Waals surface area (Å²) < 4.78 is 3.14. The Morgan fingerprint density at radius 3 is 2.97 bits per heavy atom. The molecule has 0 radical (unpaired) electrons. The van der Waals surface area contributed by atoms with E-state index in [0.717, 1.165) is 11.4 Å². The molecule has 4 aromatic heterocycles. The first-order valence-corrected chi connectivity index (χ1v) is 9.42. The van der Waals surface area contributed by atoms with Crippen molar-refractivity contribution in [2.75, 3.05) is 6.54 Å². The molecular formula is C20H19N9O. The molecule has 0 fully saturated rings. The van der Waals surface area contributed by atoms with Gasteiger partial charge in [-0.05, 0) is 44.9 Å². The second-order valence-corrected chi connectivity index (χ2v) is 6.78. The van der Waals surface area contributed by atoms with Gasteiger partial charge in [-0.2, -0.15) is 15.5 Å². The molecule has 0 aliphatic rings. The molecule has 0 atom stereocenters. The molecule has 0 aliphatic heterocycles. The Bertz CT molecular complexity index is 1250. The van der Waals surface area contributed by atoms with E-state index in [1.165, 1.54) is 17.3 Å². The van der Waals surface area contributed by atoms with Crippen molar-refractivity contribution in [1.29, 1.82) is 5.26 Å². The lowest BCUT2D eigenvalue weighted by atomic mass is 10.1. The van der Waals surface area contributed by atoms with Crippen LogP contribution in [0.4, 0.5) is 0 Å². The predicted octanol–water partition coefficient (Wildman–Crippen LogP) is 1.56. The molecule has 150 valence electrons. The van der Waals surface area contributed by atoms with E-state index in [1.807, 2.05) is 19.9 Å². The molecule has 10 heteroatoms. The highest BCUT2D eigenvalue weighted by molar-refractivity contribution is 5.97. The highest BCUT2D eigenvalue weighted by Gasteiger charge is 2.16. The monoisotopic (exact) mass is 401 g/mol. The maximum atomic E-state index is 12.6. The third kappa shape index (κ3) is 3.60. The molecule has 4 rings (SSSR count). The second-order valence-electron chi connectivity index (χ2n) is 6.78. The van der Waals surface area contributed by atoms with Crippen LogP contribution in [0, 0.1) is 25.2 Å². The van der Waals surface area contributed by atoms with Gasteiger partial charge in [-0.25, -0.2) is 24.1 Å². The van der Waals surface area contributed by atoms with Crippen molar-refractivity contribution >= 4 is 11.6 Å². The Hall–Kier alpha value is -4.13. The van der Waals surface area contributed by atoms with Crippen LogP contribution in [0.5, 0.6) is 0 Å². The van der Waals surface area contributed by atoms with Crippen molar-refractivity contribution in [2.45, 2.75) is 26.7 Å². The second kappa shape index (κ2) is 8.08. The van der Waals surface area contributed by atoms with E-state index in [9.17, 15) is 10.1 Å². The molecule has 30 heavy (non-hydrogen) atoms. The van der Waals surface area contributed by atoms with E-state index in [-0.39, 0.29) is 5.91 Å². The minimum absolute atomic E-state index is 0.253. The van der Waals surface area contributed by atoms with Gasteiger partial charge < -0.3 is 5.32 Å². The molecule has 1 N–H and O–H groups in total. The summed E-state index contributed by atoms with van der Waals surface area (Å²) >= 11 is 0. The topological polar surface area (TPSA) is 127 Å². The van der Waals surface area contributed by atoms with Crippen molar-refractivity contribution in [2.24, 2.45) is 0 Å². The van der Waals surface area contributed by atoms with Gasteiger partial charge in [-0.1, -0.05) is 0 Å². The van der Waals surface area contributed by atoms with Crippen LogP contribution in [0.3, 0.4) is 0 Å². The summed E-state index contributed by atoms with van der Waals surface area (Å²) in [5, 5.41) is 21.0. The number of fused-ring (bicyclic) bond motifs is 1. The minimum atomic E-state index is -0.253. The van der Waals surface area contributed by atoms with Gasteiger partial charge in [0.25, 0.3) is 5.91 Å². The van der Waals surface area contributed by atoms with Gasteiger partial charge in [-0.15, -0.1) is 0 Å². The third-order valence-corrected chi connectivity index (χ3v) is 4.62. The normalized spacial score (nSPS) is 10.8. The van der Waals surface area contributed by atoms with Gasteiger partial charge in [0.2, 0.25) is 0 Å². The summed E-state index contributed by atoms with van der Waals surface area (Å²) in [6, 6.07) is 7.52. The molecule has 0 saturated heterocycles. The molecule has 0 aromatic carbocycles. The van der Waals surface area contributed by atoms with Crippen LogP contribution < -0.4 is 5.32 Å². The Kier molecular flexibility index (Phi) is 5.17. The highest BCUT2D eigenvalue weighted by atomic mass is 16.1. The van der Waals surface area contributed by atoms with Gasteiger partial charge in [0.05, 0.1) is 11.3 Å². The van der Waals surface area contributed by atoms with Crippen molar-refractivity contribution in [3.05, 3.63) is 65.3 Å². The van der Waals surface area contributed by atoms with E-state index in [0.29, 0.717) is 47.7 Å². The third-order valence-electron chi connectivity index (χ3n) is 4.62. The molecule has 4 heterocycles. The fraction of sp³-hybridized carbons (Fsp3) is 0.250. The first-order chi connectivity index (χ1) is 14.6. The van der Waals surface area contributed by atoms with Crippen molar-refractivity contribution in [3.8, 4) is 11.9 Å². The molecule has 4 aromatic rings. The Balaban J connectivity index is 1.44. The maximum Gasteiger partial charge on any atom is 0.255 e. The summed E-state index contributed by atoms with van der Waals surface area (Å²) in [6.45, 7) is 4.25. The average Bonchev–Trinajstić information content (AvgIpc) is 3.39. The quantitative estimate of drug-likeness (QED) is 0.486. The molecule has 0 aliphatic carbocycles. The molecule has 0 bridgehead atoms. The number of rotatable bonds is 6. The number of aryl methyl sites for hydroxylation is 3. The number of pyridine rings is 1. The van der Waals surface area contributed by atoms with Gasteiger partial charge >= 0.3 is 0 Å². The number of hydrogen-bond acceptors (Lipinski definition) is 7. The van der Waals surface area contributed by atoms with Crippen LogP contribution in [0.2, 0.25) is 0 Å². The van der Waals surface area contributed by atoms with E-state index < -0.39 is 0 Å². The summed E-state index contributed by atoms with van der Waals surface area (Å²) in [7, 11) is 0. The van der Waals surface area contributed by atoms with E-state index in [4.69, 9.17) is 0 Å². The van der Waals surface area contributed by atoms with Crippen LogP contribution in [0.15, 0.2) is 37.1 Å². The molecule has 0 spiro atoms. The van der Waals surface area contributed by atoms with E-state index in [1.54, 1.807) is 22.8 Å². The lowest BCUT2D eigenvalue weighted by Gasteiger charge is -2.08. The predicted molar refractivity (Wildman–Crippen MR) is 107 cm³/mol. The molecule has 0 saturated carbocycles. The number of hydrogen-bond donors (Lipinski definition) is 1. The van der Waals surface area contributed by atoms with E-state index >= 15 is 0 Å². The first-order valence-electron chi connectivity index (χ1n) is 9.42. The zero-order valence-electron chi connectivity index (χ0n) is 16.6. The fourth-order valence-corrected chi connectivity index (χ4v) is 3.28.